The van der Waals surface area contributed by atoms with Crippen molar-refractivity contribution in [1.29, 1.82) is 0 Å². The number of furan rings is 1. The summed E-state index contributed by atoms with van der Waals surface area (Å²) in [6, 6.07) is 12.2. The van der Waals surface area contributed by atoms with E-state index in [1.165, 1.54) is 0 Å². The molecule has 1 N–H and O–H groups in total. The lowest BCUT2D eigenvalue weighted by molar-refractivity contribution is 0.490. The molecule has 4 heteroatoms. The number of aromatic nitrogens is 1. The van der Waals surface area contributed by atoms with Gasteiger partial charge in [0.15, 0.2) is 0 Å². The molecule has 0 amide bonds. The van der Waals surface area contributed by atoms with Gasteiger partial charge in [0, 0.05) is 17.3 Å². The fourth-order valence-electron chi connectivity index (χ4n) is 2.31. The van der Waals surface area contributed by atoms with E-state index in [9.17, 15) is 0 Å². The molecule has 1 unspecified atom stereocenters. The Balaban J connectivity index is 2.07. The number of halogens is 1. The molecular formula is C16H15BrN2O. The van der Waals surface area contributed by atoms with Gasteiger partial charge in [0.2, 0.25) is 0 Å². The number of para-hydroxylation sites is 1. The molecule has 20 heavy (non-hydrogen) atoms. The maximum Gasteiger partial charge on any atom is 0.148 e. The first-order valence-electron chi connectivity index (χ1n) is 6.47. The molecule has 0 radical (unpaired) electrons. The van der Waals surface area contributed by atoms with Crippen molar-refractivity contribution in [2.24, 2.45) is 0 Å². The maximum absolute atomic E-state index is 6.00. The Morgan fingerprint density at radius 3 is 2.75 bits per heavy atom. The molecule has 1 atom stereocenters. The smallest absolute Gasteiger partial charge is 0.148 e. The lowest BCUT2D eigenvalue weighted by Crippen LogP contribution is -2.17. The van der Waals surface area contributed by atoms with Gasteiger partial charge in [-0.1, -0.05) is 18.2 Å². The standard InChI is InChI=1S/C16H15BrN2O/c1-10-6-7-12(9-19-10)15(18-2)14-8-11-4-3-5-13(17)16(11)20-14/h3-9,15,18H,1-2H3. The molecule has 0 aliphatic rings. The minimum atomic E-state index is 0.00222. The topological polar surface area (TPSA) is 38.1 Å². The fraction of sp³-hybridized carbons (Fsp3) is 0.188. The van der Waals surface area contributed by atoms with Crippen molar-refractivity contribution in [1.82, 2.24) is 10.3 Å². The molecule has 0 aliphatic heterocycles. The number of nitrogens with one attached hydrogen (secondary N) is 1. The molecule has 0 bridgehead atoms. The summed E-state index contributed by atoms with van der Waals surface area (Å²) < 4.78 is 6.97. The number of hydrogen-bond acceptors (Lipinski definition) is 3. The van der Waals surface area contributed by atoms with Crippen LogP contribution in [0.5, 0.6) is 0 Å². The quantitative estimate of drug-likeness (QED) is 0.781. The highest BCUT2D eigenvalue weighted by molar-refractivity contribution is 9.10. The zero-order valence-corrected chi connectivity index (χ0v) is 12.9. The van der Waals surface area contributed by atoms with Crippen molar-refractivity contribution in [3.63, 3.8) is 0 Å². The first kappa shape index (κ1) is 13.3. The molecule has 0 saturated heterocycles. The summed E-state index contributed by atoms with van der Waals surface area (Å²) in [5.74, 6) is 0.889. The van der Waals surface area contributed by atoms with Crippen LogP contribution in [0.3, 0.4) is 0 Å². The van der Waals surface area contributed by atoms with Gasteiger partial charge in [0.05, 0.1) is 10.5 Å². The van der Waals surface area contributed by atoms with E-state index in [0.717, 1.165) is 32.5 Å². The molecule has 102 valence electrons. The molecule has 3 aromatic rings. The van der Waals surface area contributed by atoms with E-state index in [1.807, 2.05) is 44.4 Å². The van der Waals surface area contributed by atoms with Gasteiger partial charge < -0.3 is 9.73 Å². The van der Waals surface area contributed by atoms with E-state index in [-0.39, 0.29) is 6.04 Å². The minimum Gasteiger partial charge on any atom is -0.458 e. The summed E-state index contributed by atoms with van der Waals surface area (Å²) in [6.45, 7) is 1.98. The van der Waals surface area contributed by atoms with Crippen molar-refractivity contribution in [2.75, 3.05) is 7.05 Å². The molecule has 2 aromatic heterocycles. The third-order valence-electron chi connectivity index (χ3n) is 3.36. The van der Waals surface area contributed by atoms with Crippen molar-refractivity contribution in [2.45, 2.75) is 13.0 Å². The molecule has 0 aliphatic carbocycles. The van der Waals surface area contributed by atoms with Crippen LogP contribution >= 0.6 is 15.9 Å². The number of pyridine rings is 1. The number of aryl methyl sites for hydroxylation is 1. The Morgan fingerprint density at radius 1 is 1.25 bits per heavy atom. The van der Waals surface area contributed by atoms with Gasteiger partial charge in [-0.3, -0.25) is 4.98 Å². The Kier molecular flexibility index (Phi) is 3.59. The Hall–Kier alpha value is -1.65. The molecule has 0 fully saturated rings. The Bertz CT molecular complexity index is 734. The average Bonchev–Trinajstić information content (AvgIpc) is 2.87. The molecule has 2 heterocycles. The summed E-state index contributed by atoms with van der Waals surface area (Å²) in [4.78, 5) is 4.35. The second-order valence-electron chi connectivity index (χ2n) is 4.76. The summed E-state index contributed by atoms with van der Waals surface area (Å²) >= 11 is 3.52. The molecule has 1 aromatic carbocycles. The van der Waals surface area contributed by atoms with Gasteiger partial charge in [-0.15, -0.1) is 0 Å². The number of nitrogens with zero attached hydrogens (tertiary/aromatic N) is 1. The lowest BCUT2D eigenvalue weighted by atomic mass is 10.1. The lowest BCUT2D eigenvalue weighted by Gasteiger charge is -2.13. The fourth-order valence-corrected chi connectivity index (χ4v) is 2.78. The van der Waals surface area contributed by atoms with Crippen molar-refractivity contribution < 1.29 is 4.42 Å². The normalized spacial score (nSPS) is 12.8. The van der Waals surface area contributed by atoms with E-state index >= 15 is 0 Å². The monoisotopic (exact) mass is 330 g/mol. The van der Waals surface area contributed by atoms with Crippen LogP contribution in [0.1, 0.15) is 23.1 Å². The van der Waals surface area contributed by atoms with Crippen LogP contribution in [-0.2, 0) is 0 Å². The van der Waals surface area contributed by atoms with Gasteiger partial charge in [-0.25, -0.2) is 0 Å². The molecule has 0 spiro atoms. The van der Waals surface area contributed by atoms with Crippen LogP contribution in [0.2, 0.25) is 0 Å². The summed E-state index contributed by atoms with van der Waals surface area (Å²) in [6.07, 6.45) is 1.89. The van der Waals surface area contributed by atoms with E-state index < -0.39 is 0 Å². The molecule has 3 rings (SSSR count). The van der Waals surface area contributed by atoms with Crippen LogP contribution in [-0.4, -0.2) is 12.0 Å². The summed E-state index contributed by atoms with van der Waals surface area (Å²) in [5, 5.41) is 4.38. The van der Waals surface area contributed by atoms with E-state index in [4.69, 9.17) is 4.42 Å². The Labute approximate surface area is 126 Å². The predicted octanol–water partition coefficient (Wildman–Crippen LogP) is 4.21. The number of benzene rings is 1. The summed E-state index contributed by atoms with van der Waals surface area (Å²) in [5.41, 5.74) is 2.98. The first-order valence-corrected chi connectivity index (χ1v) is 7.26. The van der Waals surface area contributed by atoms with Crippen LogP contribution in [0.4, 0.5) is 0 Å². The van der Waals surface area contributed by atoms with Gasteiger partial charge in [0.25, 0.3) is 0 Å². The van der Waals surface area contributed by atoms with Gasteiger partial charge in [-0.05, 0) is 53.7 Å². The highest BCUT2D eigenvalue weighted by Crippen LogP contribution is 2.31. The van der Waals surface area contributed by atoms with E-state index in [1.54, 1.807) is 0 Å². The van der Waals surface area contributed by atoms with Gasteiger partial charge in [-0.2, -0.15) is 0 Å². The SMILES string of the molecule is CNC(c1ccc(C)nc1)c1cc2cccc(Br)c2o1. The van der Waals surface area contributed by atoms with Crippen molar-refractivity contribution in [3.05, 3.63) is 64.1 Å². The highest BCUT2D eigenvalue weighted by atomic mass is 79.9. The molecule has 0 saturated carbocycles. The van der Waals surface area contributed by atoms with Gasteiger partial charge >= 0.3 is 0 Å². The average molecular weight is 331 g/mol. The third-order valence-corrected chi connectivity index (χ3v) is 3.98. The largest absolute Gasteiger partial charge is 0.458 e. The first-order chi connectivity index (χ1) is 9.69. The number of hydrogen-bond donors (Lipinski definition) is 1. The van der Waals surface area contributed by atoms with Crippen LogP contribution in [0, 0.1) is 6.92 Å². The zero-order valence-electron chi connectivity index (χ0n) is 11.4. The van der Waals surface area contributed by atoms with Crippen LogP contribution < -0.4 is 5.32 Å². The summed E-state index contributed by atoms with van der Waals surface area (Å²) in [7, 11) is 1.92. The van der Waals surface area contributed by atoms with Crippen LogP contribution in [0.25, 0.3) is 11.0 Å². The Morgan fingerprint density at radius 2 is 2.10 bits per heavy atom. The van der Waals surface area contributed by atoms with Crippen LogP contribution in [0.15, 0.2) is 51.5 Å². The van der Waals surface area contributed by atoms with E-state index in [0.29, 0.717) is 0 Å². The molecule has 3 nitrogen and oxygen atoms in total. The third kappa shape index (κ3) is 2.37. The van der Waals surface area contributed by atoms with Crippen molar-refractivity contribution in [3.8, 4) is 0 Å². The van der Waals surface area contributed by atoms with Gasteiger partial charge in [0.1, 0.15) is 11.3 Å². The zero-order chi connectivity index (χ0) is 14.1. The highest BCUT2D eigenvalue weighted by Gasteiger charge is 2.17. The maximum atomic E-state index is 6.00. The number of fused-ring (bicyclic) bond motifs is 1. The second kappa shape index (κ2) is 5.38. The minimum absolute atomic E-state index is 0.00222. The second-order valence-corrected chi connectivity index (χ2v) is 5.62. The number of rotatable bonds is 3. The van der Waals surface area contributed by atoms with Crippen molar-refractivity contribution >= 4 is 26.9 Å². The predicted molar refractivity (Wildman–Crippen MR) is 83.8 cm³/mol. The molecular weight excluding hydrogens is 316 g/mol. The van der Waals surface area contributed by atoms with E-state index in [2.05, 4.69) is 38.4 Å².